The number of nitrogens with zero attached hydrogens (tertiary/aromatic N) is 2. The van der Waals surface area contributed by atoms with Gasteiger partial charge in [-0.1, -0.05) is 25.4 Å². The average Bonchev–Trinajstić information content (AvgIpc) is 2.26. The Balaban J connectivity index is 3.67. The summed E-state index contributed by atoms with van der Waals surface area (Å²) in [6, 6.07) is 0.820. The van der Waals surface area contributed by atoms with Gasteiger partial charge in [0.25, 0.3) is 5.91 Å². The van der Waals surface area contributed by atoms with Crippen molar-refractivity contribution < 1.29 is 14.1 Å². The van der Waals surface area contributed by atoms with Crippen LogP contribution in [0.2, 0.25) is 5.02 Å². The Bertz CT molecular complexity index is 559. The van der Waals surface area contributed by atoms with E-state index < -0.39 is 22.3 Å². The molecule has 1 rings (SSSR count). The molecule has 0 N–H and O–H groups in total. The molecule has 0 aromatic heterocycles. The predicted octanol–water partition coefficient (Wildman–Crippen LogP) is 3.29. The third-order valence-electron chi connectivity index (χ3n) is 2.72. The van der Waals surface area contributed by atoms with Gasteiger partial charge in [-0.2, -0.15) is 4.39 Å². The smallest absolute Gasteiger partial charge is 0.308 e. The highest BCUT2D eigenvalue weighted by Gasteiger charge is 2.30. The zero-order valence-electron chi connectivity index (χ0n) is 11.7. The number of benzene rings is 1. The Kier molecular flexibility index (Phi) is 5.05. The molecular formula is C13H16ClFN2O3. The molecule has 0 radical (unpaired) electrons. The molecule has 0 aliphatic rings. The third kappa shape index (κ3) is 3.25. The molecule has 7 heteroatoms. The second kappa shape index (κ2) is 6.17. The number of rotatable bonds is 4. The fraction of sp³-hybridized carbons (Fsp3) is 0.462. The van der Waals surface area contributed by atoms with Crippen molar-refractivity contribution in [1.82, 2.24) is 4.90 Å². The Morgan fingerprint density at radius 3 is 2.45 bits per heavy atom. The number of hydrogen-bond donors (Lipinski definition) is 0. The summed E-state index contributed by atoms with van der Waals surface area (Å²) < 4.78 is 13.8. The van der Waals surface area contributed by atoms with Gasteiger partial charge in [0.15, 0.2) is 0 Å². The second-order valence-corrected chi connectivity index (χ2v) is 5.50. The van der Waals surface area contributed by atoms with Crippen LogP contribution in [0.4, 0.5) is 10.1 Å². The molecule has 5 nitrogen and oxygen atoms in total. The van der Waals surface area contributed by atoms with E-state index in [1.807, 2.05) is 13.8 Å². The molecule has 0 fully saturated rings. The van der Waals surface area contributed by atoms with Crippen LogP contribution in [-0.4, -0.2) is 29.8 Å². The first-order chi connectivity index (χ1) is 9.16. The summed E-state index contributed by atoms with van der Waals surface area (Å²) in [5.41, 5.74) is -0.625. The molecule has 1 aromatic carbocycles. The number of nitro benzene ring substituents is 1. The van der Waals surface area contributed by atoms with Crippen LogP contribution in [0.1, 0.15) is 29.8 Å². The molecule has 0 spiro atoms. The van der Waals surface area contributed by atoms with Crippen LogP contribution in [0.25, 0.3) is 0 Å². The van der Waals surface area contributed by atoms with E-state index in [4.69, 9.17) is 11.6 Å². The quantitative estimate of drug-likeness (QED) is 0.633. The summed E-state index contributed by atoms with van der Waals surface area (Å²) in [7, 11) is 3.01. The Morgan fingerprint density at radius 1 is 1.50 bits per heavy atom. The highest BCUT2D eigenvalue weighted by molar-refractivity contribution is 6.34. The van der Waals surface area contributed by atoms with Crippen LogP contribution in [0, 0.1) is 21.8 Å². The van der Waals surface area contributed by atoms with Crippen molar-refractivity contribution in [3.05, 3.63) is 38.1 Å². The molecule has 0 heterocycles. The van der Waals surface area contributed by atoms with E-state index in [9.17, 15) is 19.3 Å². The molecule has 0 atom stereocenters. The zero-order chi connectivity index (χ0) is 15.6. The summed E-state index contributed by atoms with van der Waals surface area (Å²) in [5.74, 6) is -1.49. The molecule has 0 bridgehead atoms. The number of hydrogen-bond acceptors (Lipinski definition) is 3. The third-order valence-corrected chi connectivity index (χ3v) is 3.02. The Morgan fingerprint density at radius 2 is 2.05 bits per heavy atom. The number of halogens is 2. The SMILES string of the molecule is CC(C)Cc1c(C(=O)N(C)C)c(Cl)cc(F)c1[N+](=O)[O-]. The maximum Gasteiger partial charge on any atom is 0.308 e. The van der Waals surface area contributed by atoms with E-state index in [1.165, 1.54) is 19.0 Å². The van der Waals surface area contributed by atoms with Gasteiger partial charge in [-0.25, -0.2) is 0 Å². The van der Waals surface area contributed by atoms with Crippen LogP contribution in [0.3, 0.4) is 0 Å². The molecule has 0 unspecified atom stereocenters. The molecule has 110 valence electrons. The van der Waals surface area contributed by atoms with Crippen molar-refractivity contribution in [2.24, 2.45) is 5.92 Å². The largest absolute Gasteiger partial charge is 0.345 e. The second-order valence-electron chi connectivity index (χ2n) is 5.10. The van der Waals surface area contributed by atoms with Gasteiger partial charge in [0.05, 0.1) is 15.5 Å². The van der Waals surface area contributed by atoms with E-state index >= 15 is 0 Å². The van der Waals surface area contributed by atoms with Crippen molar-refractivity contribution in [1.29, 1.82) is 0 Å². The molecule has 1 amide bonds. The lowest BCUT2D eigenvalue weighted by molar-refractivity contribution is -0.388. The zero-order valence-corrected chi connectivity index (χ0v) is 12.5. The van der Waals surface area contributed by atoms with Gasteiger partial charge in [0.1, 0.15) is 0 Å². The number of carbonyl (C=O) groups is 1. The minimum absolute atomic E-state index is 0.00142. The topological polar surface area (TPSA) is 63.5 Å². The van der Waals surface area contributed by atoms with E-state index in [2.05, 4.69) is 0 Å². The maximum absolute atomic E-state index is 13.8. The predicted molar refractivity (Wildman–Crippen MR) is 74.6 cm³/mol. The van der Waals surface area contributed by atoms with Crippen molar-refractivity contribution in [3.63, 3.8) is 0 Å². The first-order valence-corrected chi connectivity index (χ1v) is 6.41. The number of carbonyl (C=O) groups excluding carboxylic acids is 1. The van der Waals surface area contributed by atoms with Crippen LogP contribution in [0.5, 0.6) is 0 Å². The van der Waals surface area contributed by atoms with Gasteiger partial charge < -0.3 is 4.90 Å². The lowest BCUT2D eigenvalue weighted by atomic mass is 9.95. The van der Waals surface area contributed by atoms with E-state index in [0.29, 0.717) is 0 Å². The molecule has 0 aliphatic carbocycles. The van der Waals surface area contributed by atoms with E-state index in [1.54, 1.807) is 0 Å². The minimum Gasteiger partial charge on any atom is -0.345 e. The van der Waals surface area contributed by atoms with Crippen molar-refractivity contribution in [3.8, 4) is 0 Å². The molecule has 0 saturated heterocycles. The molecule has 0 aliphatic heterocycles. The lowest BCUT2D eigenvalue weighted by Gasteiger charge is -2.17. The fourth-order valence-corrected chi connectivity index (χ4v) is 2.21. The van der Waals surface area contributed by atoms with Crippen molar-refractivity contribution >= 4 is 23.2 Å². The van der Waals surface area contributed by atoms with Crippen LogP contribution in [-0.2, 0) is 6.42 Å². The maximum atomic E-state index is 13.8. The van der Waals surface area contributed by atoms with Crippen LogP contribution >= 0.6 is 11.6 Å². The van der Waals surface area contributed by atoms with Gasteiger partial charge in [-0.3, -0.25) is 14.9 Å². The summed E-state index contributed by atoms with van der Waals surface area (Å²) in [6.45, 7) is 3.65. The molecular weight excluding hydrogens is 287 g/mol. The number of nitro groups is 1. The monoisotopic (exact) mass is 302 g/mol. The molecule has 20 heavy (non-hydrogen) atoms. The van der Waals surface area contributed by atoms with Crippen LogP contribution in [0.15, 0.2) is 6.07 Å². The van der Waals surface area contributed by atoms with E-state index in [0.717, 1.165) is 6.07 Å². The van der Waals surface area contributed by atoms with Crippen molar-refractivity contribution in [2.45, 2.75) is 20.3 Å². The Hall–Kier alpha value is -1.69. The standard InChI is InChI=1S/C13H16ClFN2O3/c1-7(2)5-8-11(13(18)16(3)4)9(14)6-10(15)12(8)17(19)20/h6-7H,5H2,1-4H3. The summed E-state index contributed by atoms with van der Waals surface area (Å²) >= 11 is 5.92. The molecule has 1 aromatic rings. The van der Waals surface area contributed by atoms with Gasteiger partial charge in [0.2, 0.25) is 5.82 Å². The normalized spacial score (nSPS) is 10.8. The van der Waals surface area contributed by atoms with E-state index in [-0.39, 0.29) is 28.5 Å². The summed E-state index contributed by atoms with van der Waals surface area (Å²) in [5, 5.41) is 11.0. The highest BCUT2D eigenvalue weighted by atomic mass is 35.5. The Labute approximate surface area is 121 Å². The lowest BCUT2D eigenvalue weighted by Crippen LogP contribution is -2.24. The fourth-order valence-electron chi connectivity index (χ4n) is 1.92. The first kappa shape index (κ1) is 16.4. The summed E-state index contributed by atoms with van der Waals surface area (Å²) in [6.07, 6.45) is 0.197. The summed E-state index contributed by atoms with van der Waals surface area (Å²) in [4.78, 5) is 23.7. The first-order valence-electron chi connectivity index (χ1n) is 6.03. The van der Waals surface area contributed by atoms with Gasteiger partial charge >= 0.3 is 5.69 Å². The highest BCUT2D eigenvalue weighted by Crippen LogP contribution is 2.34. The van der Waals surface area contributed by atoms with Crippen LogP contribution < -0.4 is 0 Å². The number of amides is 1. The minimum atomic E-state index is -1.02. The van der Waals surface area contributed by atoms with Gasteiger partial charge in [-0.15, -0.1) is 0 Å². The van der Waals surface area contributed by atoms with Gasteiger partial charge in [0, 0.05) is 25.7 Å². The van der Waals surface area contributed by atoms with Crippen molar-refractivity contribution in [2.75, 3.05) is 14.1 Å². The van der Waals surface area contributed by atoms with Gasteiger partial charge in [-0.05, 0) is 12.3 Å². The molecule has 0 saturated carbocycles. The average molecular weight is 303 g/mol.